The number of rotatable bonds is 5. The summed E-state index contributed by atoms with van der Waals surface area (Å²) in [6.45, 7) is 2.60. The first-order chi connectivity index (χ1) is 9.31. The maximum atomic E-state index is 13.6. The number of benzene rings is 1. The molecule has 0 aliphatic carbocycles. The van der Waals surface area contributed by atoms with E-state index in [1.807, 2.05) is 0 Å². The van der Waals surface area contributed by atoms with Gasteiger partial charge in [0.25, 0.3) is 5.91 Å². The van der Waals surface area contributed by atoms with E-state index in [1.54, 1.807) is 0 Å². The maximum absolute atomic E-state index is 13.6. The Morgan fingerprint density at radius 1 is 1.35 bits per heavy atom. The van der Waals surface area contributed by atoms with Crippen molar-refractivity contribution in [1.82, 2.24) is 5.32 Å². The minimum atomic E-state index is -1.06. The lowest BCUT2D eigenvalue weighted by Crippen LogP contribution is -2.32. The SMILES string of the molecule is CC(=O)Nc1ccc(F)c(C(=O)NCC(C)C(=O)O)c1. The Labute approximate surface area is 115 Å². The van der Waals surface area contributed by atoms with Gasteiger partial charge < -0.3 is 15.7 Å². The van der Waals surface area contributed by atoms with Crippen molar-refractivity contribution in [2.75, 3.05) is 11.9 Å². The summed E-state index contributed by atoms with van der Waals surface area (Å²) < 4.78 is 13.6. The Kier molecular flexibility index (Phi) is 5.19. The van der Waals surface area contributed by atoms with Gasteiger partial charge in [0.05, 0.1) is 11.5 Å². The minimum Gasteiger partial charge on any atom is -0.481 e. The van der Waals surface area contributed by atoms with Crippen LogP contribution in [-0.2, 0) is 9.59 Å². The molecule has 6 nitrogen and oxygen atoms in total. The molecule has 108 valence electrons. The van der Waals surface area contributed by atoms with E-state index in [0.29, 0.717) is 0 Å². The highest BCUT2D eigenvalue weighted by Crippen LogP contribution is 2.15. The molecule has 0 aliphatic rings. The number of hydrogen-bond acceptors (Lipinski definition) is 3. The molecule has 0 aliphatic heterocycles. The van der Waals surface area contributed by atoms with Gasteiger partial charge in [-0.3, -0.25) is 14.4 Å². The summed E-state index contributed by atoms with van der Waals surface area (Å²) in [6.07, 6.45) is 0. The second kappa shape index (κ2) is 6.65. The van der Waals surface area contributed by atoms with Crippen LogP contribution in [0.3, 0.4) is 0 Å². The number of carbonyl (C=O) groups excluding carboxylic acids is 2. The second-order valence-electron chi connectivity index (χ2n) is 4.33. The average molecular weight is 282 g/mol. The van der Waals surface area contributed by atoms with Gasteiger partial charge in [-0.1, -0.05) is 6.92 Å². The fourth-order valence-corrected chi connectivity index (χ4v) is 1.41. The standard InChI is InChI=1S/C13H15FN2O4/c1-7(13(19)20)6-15-12(18)10-5-9(16-8(2)17)3-4-11(10)14/h3-5,7H,6H2,1-2H3,(H,15,18)(H,16,17)(H,19,20). The molecule has 1 unspecified atom stereocenters. The Balaban J connectivity index is 2.81. The van der Waals surface area contributed by atoms with Crippen LogP contribution in [0.15, 0.2) is 18.2 Å². The molecule has 0 spiro atoms. The molecular formula is C13H15FN2O4. The first kappa shape index (κ1) is 15.6. The smallest absolute Gasteiger partial charge is 0.308 e. The van der Waals surface area contributed by atoms with Crippen molar-refractivity contribution in [2.24, 2.45) is 5.92 Å². The topological polar surface area (TPSA) is 95.5 Å². The number of carboxylic acids is 1. The molecule has 1 aromatic carbocycles. The molecule has 20 heavy (non-hydrogen) atoms. The Morgan fingerprint density at radius 2 is 2.00 bits per heavy atom. The fraction of sp³-hybridized carbons (Fsp3) is 0.308. The molecule has 0 heterocycles. The van der Waals surface area contributed by atoms with Crippen LogP contribution in [0.2, 0.25) is 0 Å². The number of halogens is 1. The quantitative estimate of drug-likeness (QED) is 0.757. The number of amides is 2. The van der Waals surface area contributed by atoms with Gasteiger partial charge in [-0.2, -0.15) is 0 Å². The highest BCUT2D eigenvalue weighted by Gasteiger charge is 2.16. The monoisotopic (exact) mass is 282 g/mol. The molecule has 0 radical (unpaired) electrons. The first-order valence-electron chi connectivity index (χ1n) is 5.89. The summed E-state index contributed by atoms with van der Waals surface area (Å²) in [5.41, 5.74) is 0.0316. The molecule has 0 bridgehead atoms. The zero-order chi connectivity index (χ0) is 15.3. The number of anilines is 1. The highest BCUT2D eigenvalue weighted by molar-refractivity contribution is 5.97. The van der Waals surface area contributed by atoms with Gasteiger partial charge in [0.2, 0.25) is 5.91 Å². The van der Waals surface area contributed by atoms with Gasteiger partial charge >= 0.3 is 5.97 Å². The summed E-state index contributed by atoms with van der Waals surface area (Å²) in [5, 5.41) is 13.5. The maximum Gasteiger partial charge on any atom is 0.308 e. The van der Waals surface area contributed by atoms with E-state index in [0.717, 1.165) is 6.07 Å². The molecule has 0 aromatic heterocycles. The van der Waals surface area contributed by atoms with Crippen LogP contribution >= 0.6 is 0 Å². The summed E-state index contributed by atoms with van der Waals surface area (Å²) in [4.78, 5) is 33.3. The van der Waals surface area contributed by atoms with Crippen molar-refractivity contribution in [3.63, 3.8) is 0 Å². The molecule has 3 N–H and O–H groups in total. The van der Waals surface area contributed by atoms with Crippen LogP contribution in [0.4, 0.5) is 10.1 Å². The van der Waals surface area contributed by atoms with Crippen molar-refractivity contribution in [1.29, 1.82) is 0 Å². The van der Waals surface area contributed by atoms with Crippen molar-refractivity contribution in [2.45, 2.75) is 13.8 Å². The lowest BCUT2D eigenvalue weighted by molar-refractivity contribution is -0.140. The van der Waals surface area contributed by atoms with Gasteiger partial charge in [-0.05, 0) is 18.2 Å². The van der Waals surface area contributed by atoms with Crippen molar-refractivity contribution in [3.8, 4) is 0 Å². The second-order valence-corrected chi connectivity index (χ2v) is 4.33. The minimum absolute atomic E-state index is 0.113. The molecule has 2 amide bonds. The molecule has 1 aromatic rings. The van der Waals surface area contributed by atoms with E-state index in [-0.39, 0.29) is 23.7 Å². The van der Waals surface area contributed by atoms with Crippen LogP contribution in [0.25, 0.3) is 0 Å². The zero-order valence-corrected chi connectivity index (χ0v) is 11.1. The zero-order valence-electron chi connectivity index (χ0n) is 11.1. The van der Waals surface area contributed by atoms with E-state index >= 15 is 0 Å². The van der Waals surface area contributed by atoms with Gasteiger partial charge in [0, 0.05) is 19.2 Å². The van der Waals surface area contributed by atoms with E-state index < -0.39 is 23.6 Å². The molecule has 1 rings (SSSR count). The largest absolute Gasteiger partial charge is 0.481 e. The average Bonchev–Trinajstić information content (AvgIpc) is 2.37. The third-order valence-corrected chi connectivity index (χ3v) is 2.52. The third-order valence-electron chi connectivity index (χ3n) is 2.52. The van der Waals surface area contributed by atoms with Gasteiger partial charge in [-0.15, -0.1) is 0 Å². The molecule has 0 saturated heterocycles. The predicted octanol–water partition coefficient (Wildman–Crippen LogP) is 1.23. The van der Waals surface area contributed by atoms with Crippen molar-refractivity contribution < 1.29 is 23.9 Å². The Bertz CT molecular complexity index is 545. The van der Waals surface area contributed by atoms with Crippen LogP contribution in [0.5, 0.6) is 0 Å². The molecular weight excluding hydrogens is 267 g/mol. The fourth-order valence-electron chi connectivity index (χ4n) is 1.41. The summed E-state index contributed by atoms with van der Waals surface area (Å²) in [6, 6.07) is 3.58. The van der Waals surface area contributed by atoms with E-state index in [9.17, 15) is 18.8 Å². The lowest BCUT2D eigenvalue weighted by Gasteiger charge is -2.10. The van der Waals surface area contributed by atoms with E-state index in [4.69, 9.17) is 5.11 Å². The van der Waals surface area contributed by atoms with Gasteiger partial charge in [0.1, 0.15) is 5.82 Å². The highest BCUT2D eigenvalue weighted by atomic mass is 19.1. The predicted molar refractivity (Wildman–Crippen MR) is 69.8 cm³/mol. The van der Waals surface area contributed by atoms with Crippen LogP contribution in [-0.4, -0.2) is 29.4 Å². The van der Waals surface area contributed by atoms with Gasteiger partial charge in [-0.25, -0.2) is 4.39 Å². The van der Waals surface area contributed by atoms with Crippen molar-refractivity contribution in [3.05, 3.63) is 29.6 Å². The van der Waals surface area contributed by atoms with E-state index in [2.05, 4.69) is 10.6 Å². The number of nitrogens with one attached hydrogen (secondary N) is 2. The van der Waals surface area contributed by atoms with Gasteiger partial charge in [0.15, 0.2) is 0 Å². The Morgan fingerprint density at radius 3 is 2.55 bits per heavy atom. The Hall–Kier alpha value is -2.44. The number of carboxylic acid groups (broad SMARTS) is 1. The van der Waals surface area contributed by atoms with Crippen molar-refractivity contribution >= 4 is 23.5 Å². The lowest BCUT2D eigenvalue weighted by atomic mass is 10.1. The van der Waals surface area contributed by atoms with E-state index in [1.165, 1.54) is 26.0 Å². The molecule has 1 atom stereocenters. The summed E-state index contributed by atoms with van der Waals surface area (Å²) in [5.74, 6) is -3.66. The number of carbonyl (C=O) groups is 3. The third kappa shape index (κ3) is 4.34. The summed E-state index contributed by atoms with van der Waals surface area (Å²) >= 11 is 0. The molecule has 0 saturated carbocycles. The summed E-state index contributed by atoms with van der Waals surface area (Å²) in [7, 11) is 0. The van der Waals surface area contributed by atoms with Crippen LogP contribution < -0.4 is 10.6 Å². The van der Waals surface area contributed by atoms with Crippen LogP contribution in [0.1, 0.15) is 24.2 Å². The first-order valence-corrected chi connectivity index (χ1v) is 5.89. The normalized spacial score (nSPS) is 11.6. The molecule has 0 fully saturated rings. The van der Waals surface area contributed by atoms with Crippen LogP contribution in [0, 0.1) is 11.7 Å². The number of hydrogen-bond donors (Lipinski definition) is 3. The number of aliphatic carboxylic acids is 1. The molecule has 7 heteroatoms.